The highest BCUT2D eigenvalue weighted by Gasteiger charge is 2.20. The van der Waals surface area contributed by atoms with Gasteiger partial charge in [0.2, 0.25) is 0 Å². The Balaban J connectivity index is 1.25. The number of fused-ring (bicyclic) bond motifs is 8. The van der Waals surface area contributed by atoms with Crippen molar-refractivity contribution in [2.24, 2.45) is 0 Å². The van der Waals surface area contributed by atoms with Crippen molar-refractivity contribution in [2.45, 2.75) is 0 Å². The Morgan fingerprint density at radius 2 is 1.04 bits per heavy atom. The Labute approximate surface area is 286 Å². The fourth-order valence-corrected chi connectivity index (χ4v) is 8.36. The van der Waals surface area contributed by atoms with Crippen LogP contribution in [0.2, 0.25) is 0 Å². The first-order valence-electron chi connectivity index (χ1n) is 16.4. The summed E-state index contributed by atoms with van der Waals surface area (Å²) < 4.78 is 2.49. The third-order valence-corrected chi connectivity index (χ3v) is 10.7. The smallest absolute Gasteiger partial charge is 0.160 e. The van der Waals surface area contributed by atoms with E-state index in [4.69, 9.17) is 15.0 Å². The molecule has 0 aliphatic carbocycles. The lowest BCUT2D eigenvalue weighted by Gasteiger charge is -2.14. The lowest BCUT2D eigenvalue weighted by atomic mass is 9.93. The summed E-state index contributed by atoms with van der Waals surface area (Å²) in [5, 5.41) is 8.49. The number of rotatable bonds is 4. The molecule has 0 spiro atoms. The zero-order valence-corrected chi connectivity index (χ0v) is 27.2. The largest absolute Gasteiger partial charge is 0.247 e. The molecule has 49 heavy (non-hydrogen) atoms. The molecule has 0 atom stereocenters. The summed E-state index contributed by atoms with van der Waals surface area (Å²) in [7, 11) is 0. The molecule has 4 heteroatoms. The molecule has 0 unspecified atom stereocenters. The van der Waals surface area contributed by atoms with Crippen LogP contribution in [0.3, 0.4) is 0 Å². The quantitative estimate of drug-likeness (QED) is 0.180. The van der Waals surface area contributed by atoms with Crippen molar-refractivity contribution in [2.75, 3.05) is 0 Å². The second-order valence-corrected chi connectivity index (χ2v) is 13.4. The van der Waals surface area contributed by atoms with Gasteiger partial charge in [0.1, 0.15) is 0 Å². The number of nitrogens with zero attached hydrogens (tertiary/aromatic N) is 3. The van der Waals surface area contributed by atoms with Gasteiger partial charge >= 0.3 is 0 Å². The summed E-state index contributed by atoms with van der Waals surface area (Å²) in [6, 6.07) is 57.7. The van der Waals surface area contributed by atoms with Gasteiger partial charge in [-0.15, -0.1) is 11.3 Å². The van der Waals surface area contributed by atoms with Gasteiger partial charge in [0, 0.05) is 47.8 Å². The molecule has 3 aromatic heterocycles. The summed E-state index contributed by atoms with van der Waals surface area (Å²) in [5.74, 6) is 0.709. The molecule has 0 aliphatic heterocycles. The molecule has 7 aromatic carbocycles. The summed E-state index contributed by atoms with van der Waals surface area (Å²) in [6.07, 6.45) is 0. The predicted octanol–water partition coefficient (Wildman–Crippen LogP) is 12.4. The van der Waals surface area contributed by atoms with E-state index < -0.39 is 0 Å². The number of hydrogen-bond donors (Lipinski definition) is 0. The van der Waals surface area contributed by atoms with Crippen molar-refractivity contribution < 1.29 is 0 Å². The molecule has 3 nitrogen and oxygen atoms in total. The molecule has 0 aliphatic rings. The summed E-state index contributed by atoms with van der Waals surface area (Å²) in [6.45, 7) is 0. The summed E-state index contributed by atoms with van der Waals surface area (Å²) >= 11 is 1.84. The fourth-order valence-electron chi connectivity index (χ4n) is 7.13. The highest BCUT2D eigenvalue weighted by Crippen LogP contribution is 2.46. The molecule has 0 saturated carbocycles. The minimum absolute atomic E-state index is 0.709. The standard InChI is InChI=1S/C45H27N3S/c1-3-13-28(14-4-1)39-27-40(48-45(47-39)29-15-5-2-6-16-29)31-23-24-38-37(26-31)44-42(35-21-11-12-22-41(35)49-44)43(46-38)36-25-30-17-7-8-18-32(30)33-19-9-10-20-34(33)36/h1-27H. The zero-order valence-electron chi connectivity index (χ0n) is 26.3. The van der Waals surface area contributed by atoms with Gasteiger partial charge in [-0.1, -0.05) is 133 Å². The normalized spacial score (nSPS) is 11.7. The van der Waals surface area contributed by atoms with Crippen LogP contribution in [-0.4, -0.2) is 15.0 Å². The van der Waals surface area contributed by atoms with Crippen molar-refractivity contribution in [3.63, 3.8) is 0 Å². The molecule has 10 rings (SSSR count). The molecule has 0 saturated heterocycles. The Morgan fingerprint density at radius 1 is 0.408 bits per heavy atom. The lowest BCUT2D eigenvalue weighted by molar-refractivity contribution is 1.18. The molecule has 10 aromatic rings. The maximum atomic E-state index is 5.49. The van der Waals surface area contributed by atoms with Crippen LogP contribution in [0.1, 0.15) is 0 Å². The number of thiophene rings is 1. The van der Waals surface area contributed by atoms with Crippen molar-refractivity contribution >= 4 is 64.0 Å². The summed E-state index contributed by atoms with van der Waals surface area (Å²) in [5.41, 5.74) is 8.01. The number of benzene rings is 7. The Hall–Kier alpha value is -6.23. The molecule has 3 heterocycles. The van der Waals surface area contributed by atoms with Crippen LogP contribution in [0.25, 0.3) is 97.8 Å². The van der Waals surface area contributed by atoms with Gasteiger partial charge in [-0.05, 0) is 51.9 Å². The zero-order chi connectivity index (χ0) is 32.3. The van der Waals surface area contributed by atoms with Crippen LogP contribution in [-0.2, 0) is 0 Å². The van der Waals surface area contributed by atoms with E-state index in [1.165, 1.54) is 41.7 Å². The van der Waals surface area contributed by atoms with Gasteiger partial charge in [-0.2, -0.15) is 0 Å². The molecule has 0 bridgehead atoms. The minimum Gasteiger partial charge on any atom is -0.247 e. The first-order valence-corrected chi connectivity index (χ1v) is 17.3. The van der Waals surface area contributed by atoms with Crippen LogP contribution in [0, 0.1) is 0 Å². The van der Waals surface area contributed by atoms with Crippen LogP contribution in [0.5, 0.6) is 0 Å². The molecule has 0 amide bonds. The molecule has 0 radical (unpaired) electrons. The van der Waals surface area contributed by atoms with Gasteiger partial charge in [0.25, 0.3) is 0 Å². The molecular formula is C45H27N3S. The van der Waals surface area contributed by atoms with Crippen LogP contribution < -0.4 is 0 Å². The minimum atomic E-state index is 0.709. The van der Waals surface area contributed by atoms with E-state index >= 15 is 0 Å². The summed E-state index contributed by atoms with van der Waals surface area (Å²) in [4.78, 5) is 15.6. The van der Waals surface area contributed by atoms with Gasteiger partial charge in [0.05, 0.1) is 22.6 Å². The van der Waals surface area contributed by atoms with Gasteiger partial charge in [-0.25, -0.2) is 15.0 Å². The predicted molar refractivity (Wildman–Crippen MR) is 207 cm³/mol. The van der Waals surface area contributed by atoms with E-state index in [1.807, 2.05) is 35.6 Å². The number of hydrogen-bond acceptors (Lipinski definition) is 4. The maximum absolute atomic E-state index is 5.49. The van der Waals surface area contributed by atoms with Crippen molar-refractivity contribution in [1.82, 2.24) is 15.0 Å². The first-order chi connectivity index (χ1) is 24.3. The van der Waals surface area contributed by atoms with E-state index in [1.54, 1.807) is 0 Å². The second-order valence-electron chi connectivity index (χ2n) is 12.4. The highest BCUT2D eigenvalue weighted by molar-refractivity contribution is 7.26. The SMILES string of the molecule is c1ccc(-c2cc(-c3ccc4nc(-c5cc6ccccc6c6ccccc56)c5c6ccccc6sc5c4c3)nc(-c3ccccc3)n2)cc1. The first kappa shape index (κ1) is 27.8. The van der Waals surface area contributed by atoms with Crippen LogP contribution >= 0.6 is 11.3 Å². The third kappa shape index (κ3) is 4.61. The van der Waals surface area contributed by atoms with Crippen molar-refractivity contribution in [3.8, 4) is 45.2 Å². The average molecular weight is 642 g/mol. The van der Waals surface area contributed by atoms with E-state index in [2.05, 4.69) is 140 Å². The van der Waals surface area contributed by atoms with Crippen LogP contribution in [0.15, 0.2) is 164 Å². The second kappa shape index (κ2) is 11.2. The van der Waals surface area contributed by atoms with Crippen molar-refractivity contribution in [1.29, 1.82) is 0 Å². The van der Waals surface area contributed by atoms with E-state index in [0.717, 1.165) is 50.2 Å². The monoisotopic (exact) mass is 641 g/mol. The molecule has 0 N–H and O–H groups in total. The van der Waals surface area contributed by atoms with Crippen molar-refractivity contribution in [3.05, 3.63) is 164 Å². The Morgan fingerprint density at radius 3 is 1.84 bits per heavy atom. The van der Waals surface area contributed by atoms with E-state index in [0.29, 0.717) is 5.82 Å². The molecule has 0 fully saturated rings. The topological polar surface area (TPSA) is 38.7 Å². The number of aromatic nitrogens is 3. The fraction of sp³-hybridized carbons (Fsp3) is 0. The van der Waals surface area contributed by atoms with Gasteiger partial charge in [-0.3, -0.25) is 0 Å². The Bertz CT molecular complexity index is 2820. The lowest BCUT2D eigenvalue weighted by Crippen LogP contribution is -1.96. The van der Waals surface area contributed by atoms with Crippen LogP contribution in [0.4, 0.5) is 0 Å². The maximum Gasteiger partial charge on any atom is 0.160 e. The average Bonchev–Trinajstić information content (AvgIpc) is 3.58. The van der Waals surface area contributed by atoms with Gasteiger partial charge in [0.15, 0.2) is 5.82 Å². The Kier molecular flexibility index (Phi) is 6.36. The van der Waals surface area contributed by atoms with Gasteiger partial charge < -0.3 is 0 Å². The van der Waals surface area contributed by atoms with E-state index in [9.17, 15) is 0 Å². The third-order valence-electron chi connectivity index (χ3n) is 9.45. The molecule has 228 valence electrons. The molecular weight excluding hydrogens is 615 g/mol. The van der Waals surface area contributed by atoms with E-state index in [-0.39, 0.29) is 0 Å². The highest BCUT2D eigenvalue weighted by atomic mass is 32.1. The number of pyridine rings is 1.